The fraction of sp³-hybridized carbons (Fsp3) is 0.333. The van der Waals surface area contributed by atoms with Crippen molar-refractivity contribution in [3.8, 4) is 5.75 Å². The van der Waals surface area contributed by atoms with Crippen molar-refractivity contribution in [2.45, 2.75) is 53.4 Å². The summed E-state index contributed by atoms with van der Waals surface area (Å²) in [5, 5.41) is 0. The van der Waals surface area contributed by atoms with Crippen molar-refractivity contribution in [2.24, 2.45) is 0 Å². The number of ether oxygens (including phenoxy) is 1. The smallest absolute Gasteiger partial charge is 0.200 e. The Bertz CT molecular complexity index is 797. The van der Waals surface area contributed by atoms with Crippen LogP contribution in [0.15, 0.2) is 85.0 Å². The van der Waals surface area contributed by atoms with Gasteiger partial charge in [0, 0.05) is 0 Å². The van der Waals surface area contributed by atoms with E-state index < -0.39 is 11.6 Å². The van der Waals surface area contributed by atoms with Crippen LogP contribution in [0.25, 0.3) is 0 Å². The Kier molecular flexibility index (Phi) is 13.8. The molecule has 164 valence electrons. The fourth-order valence-electron chi connectivity index (χ4n) is 2.24. The molecule has 0 heterocycles. The molecular weight excluding hydrogens is 378 g/mol. The molecule has 0 amide bonds. The summed E-state index contributed by atoms with van der Waals surface area (Å²) in [6, 6.07) is 3.04. The summed E-state index contributed by atoms with van der Waals surface area (Å²) in [6.45, 7) is 24.1. The Labute approximate surface area is 181 Å². The third-order valence-electron chi connectivity index (χ3n) is 4.21. The molecule has 0 aliphatic carbocycles. The van der Waals surface area contributed by atoms with Crippen molar-refractivity contribution in [3.63, 3.8) is 0 Å². The van der Waals surface area contributed by atoms with Crippen LogP contribution in [0.1, 0.15) is 52.5 Å². The molecule has 0 spiro atoms. The topological polar surface area (TPSA) is 9.23 Å². The number of hydrogen-bond acceptors (Lipinski definition) is 1. The van der Waals surface area contributed by atoms with Crippen molar-refractivity contribution in [2.75, 3.05) is 6.61 Å². The molecule has 0 unspecified atom stereocenters. The maximum atomic E-state index is 14.2. The molecule has 0 aliphatic rings. The standard InChI is InChI=1S/C25H30F2O.C2H6/c1-7-17-28-23-16-15-22(24(26)25(23)27)14-11-19(4)10-13-21(6)20(5)12-9-18(3)8-2;1-2/h9-10,12-13,15-16H,3-8,11,14,17H2,1-2H3;1-2H3/b12-9-,13-10-;. The molecule has 0 N–H and O–H groups in total. The van der Waals surface area contributed by atoms with E-state index in [2.05, 4.69) is 26.3 Å². The Morgan fingerprint density at radius 1 is 0.867 bits per heavy atom. The van der Waals surface area contributed by atoms with Crippen LogP contribution in [0.4, 0.5) is 8.78 Å². The zero-order valence-electron chi connectivity index (χ0n) is 19.0. The van der Waals surface area contributed by atoms with Crippen LogP contribution < -0.4 is 4.74 Å². The predicted molar refractivity (Wildman–Crippen MR) is 127 cm³/mol. The van der Waals surface area contributed by atoms with Gasteiger partial charge >= 0.3 is 0 Å². The number of hydrogen-bond donors (Lipinski definition) is 0. The van der Waals surface area contributed by atoms with Crippen molar-refractivity contribution in [1.82, 2.24) is 0 Å². The first-order chi connectivity index (χ1) is 14.3. The van der Waals surface area contributed by atoms with Gasteiger partial charge in [-0.2, -0.15) is 4.39 Å². The second-order valence-corrected chi connectivity index (χ2v) is 6.59. The quantitative estimate of drug-likeness (QED) is 0.312. The van der Waals surface area contributed by atoms with Crippen LogP contribution in [-0.2, 0) is 6.42 Å². The summed E-state index contributed by atoms with van der Waals surface area (Å²) < 4.78 is 33.4. The summed E-state index contributed by atoms with van der Waals surface area (Å²) in [4.78, 5) is 0. The van der Waals surface area contributed by atoms with Crippen molar-refractivity contribution < 1.29 is 13.5 Å². The summed E-state index contributed by atoms with van der Waals surface area (Å²) >= 11 is 0. The van der Waals surface area contributed by atoms with E-state index in [1.807, 2.05) is 52.0 Å². The zero-order chi connectivity index (χ0) is 23.1. The van der Waals surface area contributed by atoms with Gasteiger partial charge in [0.15, 0.2) is 11.6 Å². The minimum Gasteiger partial charge on any atom is -0.490 e. The van der Waals surface area contributed by atoms with Gasteiger partial charge in [0.2, 0.25) is 5.82 Å². The van der Waals surface area contributed by atoms with Gasteiger partial charge < -0.3 is 4.74 Å². The largest absolute Gasteiger partial charge is 0.490 e. The van der Waals surface area contributed by atoms with Crippen LogP contribution in [0, 0.1) is 11.6 Å². The van der Waals surface area contributed by atoms with E-state index in [9.17, 15) is 8.78 Å². The van der Waals surface area contributed by atoms with E-state index in [4.69, 9.17) is 4.74 Å². The van der Waals surface area contributed by atoms with Crippen molar-refractivity contribution >= 4 is 0 Å². The maximum Gasteiger partial charge on any atom is 0.200 e. The van der Waals surface area contributed by atoms with Crippen LogP contribution in [0.5, 0.6) is 5.75 Å². The number of halogens is 2. The second kappa shape index (κ2) is 15.2. The highest BCUT2D eigenvalue weighted by molar-refractivity contribution is 5.45. The van der Waals surface area contributed by atoms with E-state index in [0.717, 1.165) is 35.1 Å². The molecule has 0 aromatic heterocycles. The SMILES string of the molecule is C=C(/C=C\C(=C)C(=C)/C=C\C(=C)CCc1ccc(OCCC)c(F)c1F)CC.CC. The summed E-state index contributed by atoms with van der Waals surface area (Å²) in [5.41, 5.74) is 3.66. The zero-order valence-corrected chi connectivity index (χ0v) is 19.0. The molecule has 0 radical (unpaired) electrons. The third kappa shape index (κ3) is 9.69. The van der Waals surface area contributed by atoms with Gasteiger partial charge in [0.05, 0.1) is 6.61 Å². The average molecular weight is 415 g/mol. The summed E-state index contributed by atoms with van der Waals surface area (Å²) in [7, 11) is 0. The van der Waals surface area contributed by atoms with E-state index >= 15 is 0 Å². The minimum atomic E-state index is -0.933. The van der Waals surface area contributed by atoms with E-state index in [-0.39, 0.29) is 5.75 Å². The molecule has 1 aromatic carbocycles. The lowest BCUT2D eigenvalue weighted by molar-refractivity contribution is 0.294. The average Bonchev–Trinajstić information content (AvgIpc) is 2.77. The first-order valence-corrected chi connectivity index (χ1v) is 10.5. The molecule has 0 saturated heterocycles. The second-order valence-electron chi connectivity index (χ2n) is 6.59. The van der Waals surface area contributed by atoms with Gasteiger partial charge in [-0.3, -0.25) is 0 Å². The number of aryl methyl sites for hydroxylation is 1. The molecule has 1 nitrogen and oxygen atoms in total. The number of allylic oxidation sites excluding steroid dienone is 8. The maximum absolute atomic E-state index is 14.2. The highest BCUT2D eigenvalue weighted by Crippen LogP contribution is 2.24. The van der Waals surface area contributed by atoms with Crippen LogP contribution in [0.3, 0.4) is 0 Å². The van der Waals surface area contributed by atoms with Gasteiger partial charge in [0.1, 0.15) is 0 Å². The molecule has 0 saturated carbocycles. The monoisotopic (exact) mass is 414 g/mol. The molecule has 1 rings (SSSR count). The summed E-state index contributed by atoms with van der Waals surface area (Å²) in [6.07, 6.45) is 9.91. The van der Waals surface area contributed by atoms with E-state index in [1.54, 1.807) is 6.07 Å². The fourth-order valence-corrected chi connectivity index (χ4v) is 2.24. The van der Waals surface area contributed by atoms with Crippen LogP contribution in [0.2, 0.25) is 0 Å². The molecule has 0 aliphatic heterocycles. The van der Waals surface area contributed by atoms with Gasteiger partial charge in [-0.15, -0.1) is 0 Å². The molecular formula is C27H36F2O. The Morgan fingerprint density at radius 2 is 1.43 bits per heavy atom. The van der Waals surface area contributed by atoms with Gasteiger partial charge in [-0.1, -0.05) is 95.5 Å². The van der Waals surface area contributed by atoms with Crippen LogP contribution >= 0.6 is 0 Å². The Morgan fingerprint density at radius 3 is 1.97 bits per heavy atom. The molecule has 0 bridgehead atoms. The van der Waals surface area contributed by atoms with Crippen molar-refractivity contribution in [3.05, 3.63) is 102 Å². The highest BCUT2D eigenvalue weighted by atomic mass is 19.2. The van der Waals surface area contributed by atoms with E-state index in [0.29, 0.717) is 25.0 Å². The molecule has 3 heteroatoms. The number of benzene rings is 1. The lowest BCUT2D eigenvalue weighted by Gasteiger charge is -2.10. The molecule has 1 aromatic rings. The lowest BCUT2D eigenvalue weighted by Crippen LogP contribution is -2.02. The van der Waals surface area contributed by atoms with Crippen LogP contribution in [-0.4, -0.2) is 6.61 Å². The highest BCUT2D eigenvalue weighted by Gasteiger charge is 2.14. The first kappa shape index (κ1) is 27.3. The van der Waals surface area contributed by atoms with E-state index in [1.165, 1.54) is 6.07 Å². The predicted octanol–water partition coefficient (Wildman–Crippen LogP) is 8.46. The van der Waals surface area contributed by atoms with Crippen molar-refractivity contribution in [1.29, 1.82) is 0 Å². The third-order valence-corrected chi connectivity index (χ3v) is 4.21. The van der Waals surface area contributed by atoms with Gasteiger partial charge in [0.25, 0.3) is 0 Å². The molecule has 0 atom stereocenters. The normalized spacial score (nSPS) is 10.6. The lowest BCUT2D eigenvalue weighted by atomic mass is 10.0. The Balaban J connectivity index is 0.00000407. The first-order valence-electron chi connectivity index (χ1n) is 10.5. The minimum absolute atomic E-state index is 0.0459. The van der Waals surface area contributed by atoms with Gasteiger partial charge in [-0.05, 0) is 48.5 Å². The molecule has 30 heavy (non-hydrogen) atoms. The molecule has 0 fully saturated rings. The number of rotatable bonds is 12. The van der Waals surface area contributed by atoms with Gasteiger partial charge in [-0.25, -0.2) is 4.39 Å². The Hall–Kier alpha value is -2.68. The summed E-state index contributed by atoms with van der Waals surface area (Å²) in [5.74, 6) is -1.84.